The van der Waals surface area contributed by atoms with Gasteiger partial charge in [0.25, 0.3) is 0 Å². The van der Waals surface area contributed by atoms with Crippen LogP contribution in [0.1, 0.15) is 62.2 Å². The van der Waals surface area contributed by atoms with Crippen LogP contribution in [0.5, 0.6) is 5.75 Å². The van der Waals surface area contributed by atoms with Crippen molar-refractivity contribution >= 4 is 28.5 Å². The third kappa shape index (κ3) is 7.20. The van der Waals surface area contributed by atoms with Crippen LogP contribution < -0.4 is 4.74 Å². The Morgan fingerprint density at radius 2 is 1.92 bits per heavy atom. The number of unbranched alkanes of at least 4 members (excludes halogenated alkanes) is 1. The maximum atomic E-state index is 15.7. The van der Waals surface area contributed by atoms with Crippen molar-refractivity contribution in [3.8, 4) is 5.75 Å². The molecule has 0 spiro atoms. The number of likely N-dealkylation sites (tertiary alicyclic amines) is 1. The van der Waals surface area contributed by atoms with Crippen LogP contribution >= 0.6 is 11.6 Å². The molecular formula is C30H35ClF2N2O3. The summed E-state index contributed by atoms with van der Waals surface area (Å²) in [6.07, 6.45) is 5.23. The van der Waals surface area contributed by atoms with Crippen LogP contribution in [0.4, 0.5) is 8.78 Å². The predicted molar refractivity (Wildman–Crippen MR) is 146 cm³/mol. The van der Waals surface area contributed by atoms with Gasteiger partial charge in [-0.25, -0.2) is 8.78 Å². The van der Waals surface area contributed by atoms with Crippen LogP contribution in [0, 0.1) is 11.2 Å². The molecule has 0 radical (unpaired) electrons. The molecule has 1 fully saturated rings. The molecule has 0 amide bonds. The number of rotatable bonds is 12. The van der Waals surface area contributed by atoms with E-state index in [1.54, 1.807) is 25.3 Å². The number of carbonyl (C=O) groups is 1. The molecule has 0 aliphatic carbocycles. The largest absolute Gasteiger partial charge is 0.497 e. The third-order valence-electron chi connectivity index (χ3n) is 7.86. The van der Waals surface area contributed by atoms with Crippen LogP contribution in [-0.2, 0) is 11.2 Å². The molecule has 1 atom stereocenters. The van der Waals surface area contributed by atoms with E-state index in [-0.39, 0.29) is 23.7 Å². The molecule has 204 valence electrons. The van der Waals surface area contributed by atoms with Gasteiger partial charge in [-0.3, -0.25) is 9.78 Å². The van der Waals surface area contributed by atoms with Crippen molar-refractivity contribution in [1.82, 2.24) is 9.88 Å². The molecule has 0 saturated carbocycles. The number of hydrogen-bond donors (Lipinski definition) is 1. The van der Waals surface area contributed by atoms with E-state index in [1.165, 1.54) is 18.3 Å². The smallest absolute Gasteiger partial charge is 0.303 e. The minimum Gasteiger partial charge on any atom is -0.497 e. The fraction of sp³-hybridized carbons (Fsp3) is 0.467. The first-order valence-electron chi connectivity index (χ1n) is 13.2. The molecule has 3 aromatic rings. The maximum absolute atomic E-state index is 15.7. The molecule has 2 aromatic carbocycles. The summed E-state index contributed by atoms with van der Waals surface area (Å²) < 4.78 is 34.1. The second kappa shape index (κ2) is 12.9. The Morgan fingerprint density at radius 1 is 1.18 bits per heavy atom. The second-order valence-electron chi connectivity index (χ2n) is 10.4. The lowest BCUT2D eigenvalue weighted by molar-refractivity contribution is -0.141. The number of aliphatic carboxylic acids is 1. The number of ether oxygens (including phenoxy) is 1. The molecule has 1 aliphatic heterocycles. The van der Waals surface area contributed by atoms with Gasteiger partial charge in [-0.2, -0.15) is 0 Å². The Bertz CT molecular complexity index is 1230. The fourth-order valence-electron chi connectivity index (χ4n) is 5.59. The van der Waals surface area contributed by atoms with Crippen molar-refractivity contribution in [3.63, 3.8) is 0 Å². The Morgan fingerprint density at radius 3 is 2.61 bits per heavy atom. The SMILES string of the molecule is COc1ccc2ncc(Cl)c([C@H](F)CCC3(CC(=O)O)CCN(CCCCc4ccc(F)cc4)CC3)c2c1. The molecular weight excluding hydrogens is 510 g/mol. The standard InChI is InChI=1S/C30H35ClF2N2O3/c1-38-23-9-10-27-24(18-23)29(25(31)20-34-27)26(33)11-12-30(19-28(36)37)13-16-35(17-14-30)15-3-2-4-21-5-7-22(32)8-6-21/h5-10,18,20,26H,2-4,11-17,19H2,1H3,(H,36,37)/t26-/m1/s1. The number of aryl methyl sites for hydroxylation is 1. The first kappa shape index (κ1) is 28.2. The Kier molecular flexibility index (Phi) is 9.55. The monoisotopic (exact) mass is 544 g/mol. The minimum atomic E-state index is -1.34. The average Bonchev–Trinajstić information content (AvgIpc) is 2.91. The zero-order chi connectivity index (χ0) is 27.1. The number of halogens is 3. The van der Waals surface area contributed by atoms with Gasteiger partial charge < -0.3 is 14.7 Å². The lowest BCUT2D eigenvalue weighted by atomic mass is 9.71. The lowest BCUT2D eigenvalue weighted by Gasteiger charge is -2.41. The number of benzene rings is 2. The first-order chi connectivity index (χ1) is 18.3. The molecule has 0 bridgehead atoms. The normalized spacial score (nSPS) is 16.4. The van der Waals surface area contributed by atoms with E-state index in [1.807, 2.05) is 12.1 Å². The highest BCUT2D eigenvalue weighted by Gasteiger charge is 2.37. The summed E-state index contributed by atoms with van der Waals surface area (Å²) in [6, 6.07) is 11.9. The highest BCUT2D eigenvalue weighted by Crippen LogP contribution is 2.44. The van der Waals surface area contributed by atoms with Crippen molar-refractivity contribution in [1.29, 1.82) is 0 Å². The third-order valence-corrected chi connectivity index (χ3v) is 8.16. The number of hydrogen-bond acceptors (Lipinski definition) is 4. The average molecular weight is 545 g/mol. The summed E-state index contributed by atoms with van der Waals surface area (Å²) >= 11 is 6.40. The molecule has 1 N–H and O–H groups in total. The molecule has 1 saturated heterocycles. The van der Waals surface area contributed by atoms with Gasteiger partial charge in [-0.1, -0.05) is 23.7 Å². The van der Waals surface area contributed by atoms with Crippen LogP contribution in [0.3, 0.4) is 0 Å². The van der Waals surface area contributed by atoms with Gasteiger partial charge in [0.1, 0.15) is 17.7 Å². The van der Waals surface area contributed by atoms with Crippen LogP contribution in [-0.4, -0.2) is 47.7 Å². The highest BCUT2D eigenvalue weighted by atomic mass is 35.5. The lowest BCUT2D eigenvalue weighted by Crippen LogP contribution is -2.41. The fourth-order valence-corrected chi connectivity index (χ4v) is 5.86. The van der Waals surface area contributed by atoms with E-state index >= 15 is 4.39 Å². The molecule has 5 nitrogen and oxygen atoms in total. The summed E-state index contributed by atoms with van der Waals surface area (Å²) in [5.74, 6) is -0.462. The molecule has 1 aliphatic rings. The number of methoxy groups -OCH3 is 1. The number of carboxylic acids is 1. The summed E-state index contributed by atoms with van der Waals surface area (Å²) in [4.78, 5) is 18.4. The summed E-state index contributed by atoms with van der Waals surface area (Å²) in [7, 11) is 1.55. The van der Waals surface area contributed by atoms with Crippen molar-refractivity contribution < 1.29 is 23.4 Å². The van der Waals surface area contributed by atoms with E-state index in [2.05, 4.69) is 9.88 Å². The first-order valence-corrected chi connectivity index (χ1v) is 13.6. The number of alkyl halides is 1. The number of fused-ring (bicyclic) bond motifs is 1. The van der Waals surface area contributed by atoms with E-state index in [4.69, 9.17) is 16.3 Å². The van der Waals surface area contributed by atoms with Gasteiger partial charge in [0, 0.05) is 17.1 Å². The van der Waals surface area contributed by atoms with Gasteiger partial charge in [-0.05, 0) is 106 Å². The molecule has 2 heterocycles. The van der Waals surface area contributed by atoms with Crippen LogP contribution in [0.25, 0.3) is 10.9 Å². The quantitative estimate of drug-likeness (QED) is 0.241. The van der Waals surface area contributed by atoms with Gasteiger partial charge >= 0.3 is 5.97 Å². The molecule has 38 heavy (non-hydrogen) atoms. The Hall–Kier alpha value is -2.77. The van der Waals surface area contributed by atoms with E-state index < -0.39 is 17.6 Å². The zero-order valence-corrected chi connectivity index (χ0v) is 22.5. The zero-order valence-electron chi connectivity index (χ0n) is 21.8. The van der Waals surface area contributed by atoms with Crippen molar-refractivity contribution in [2.75, 3.05) is 26.7 Å². The molecule has 4 rings (SSSR count). The van der Waals surface area contributed by atoms with E-state index in [9.17, 15) is 14.3 Å². The van der Waals surface area contributed by atoms with Crippen LogP contribution in [0.15, 0.2) is 48.7 Å². The Balaban J connectivity index is 1.34. The van der Waals surface area contributed by atoms with Gasteiger partial charge in [0.15, 0.2) is 0 Å². The highest BCUT2D eigenvalue weighted by molar-refractivity contribution is 6.32. The van der Waals surface area contributed by atoms with Crippen molar-refractivity contribution in [2.45, 2.75) is 57.5 Å². The number of piperidine rings is 1. The number of pyridine rings is 1. The van der Waals surface area contributed by atoms with Crippen LogP contribution in [0.2, 0.25) is 5.02 Å². The second-order valence-corrected chi connectivity index (χ2v) is 10.8. The van der Waals surface area contributed by atoms with E-state index in [0.29, 0.717) is 28.6 Å². The topological polar surface area (TPSA) is 62.7 Å². The van der Waals surface area contributed by atoms with E-state index in [0.717, 1.165) is 57.3 Å². The van der Waals surface area contributed by atoms with Gasteiger partial charge in [-0.15, -0.1) is 0 Å². The van der Waals surface area contributed by atoms with Crippen molar-refractivity contribution in [3.05, 3.63) is 70.6 Å². The maximum Gasteiger partial charge on any atom is 0.303 e. The van der Waals surface area contributed by atoms with Gasteiger partial charge in [0.05, 0.1) is 24.1 Å². The summed E-state index contributed by atoms with van der Waals surface area (Å²) in [5.41, 5.74) is 1.72. The molecule has 8 heteroatoms. The number of carboxylic acid groups (broad SMARTS) is 1. The number of aromatic nitrogens is 1. The Labute approximate surface area is 227 Å². The predicted octanol–water partition coefficient (Wildman–Crippen LogP) is 7.41. The van der Waals surface area contributed by atoms with Gasteiger partial charge in [0.2, 0.25) is 0 Å². The van der Waals surface area contributed by atoms with Crippen molar-refractivity contribution in [2.24, 2.45) is 5.41 Å². The molecule has 0 unspecified atom stereocenters. The summed E-state index contributed by atoms with van der Waals surface area (Å²) in [6.45, 7) is 2.55. The number of nitrogens with zero attached hydrogens (tertiary/aromatic N) is 2. The summed E-state index contributed by atoms with van der Waals surface area (Å²) in [5, 5.41) is 10.5. The minimum absolute atomic E-state index is 0.0385. The molecule has 1 aromatic heterocycles.